The lowest BCUT2D eigenvalue weighted by molar-refractivity contribution is -0.129. The van der Waals surface area contributed by atoms with Crippen molar-refractivity contribution >= 4 is 23.6 Å². The second-order valence-corrected chi connectivity index (χ2v) is 5.77. The van der Waals surface area contributed by atoms with E-state index in [1.54, 1.807) is 17.8 Å². The van der Waals surface area contributed by atoms with Gasteiger partial charge in [0, 0.05) is 24.4 Å². The Morgan fingerprint density at radius 2 is 2.05 bits per heavy atom. The van der Waals surface area contributed by atoms with Gasteiger partial charge in [-0.2, -0.15) is 11.8 Å². The van der Waals surface area contributed by atoms with Gasteiger partial charge in [-0.25, -0.2) is 0 Å². The number of carbonyl (C=O) groups excluding carboxylic acids is 2. The van der Waals surface area contributed by atoms with Gasteiger partial charge in [-0.15, -0.1) is 0 Å². The molecule has 5 heteroatoms. The highest BCUT2D eigenvalue weighted by Crippen LogP contribution is 2.11. The number of hydrogen-bond donors (Lipinski definition) is 1. The van der Waals surface area contributed by atoms with Gasteiger partial charge in [0.1, 0.15) is 0 Å². The van der Waals surface area contributed by atoms with E-state index in [0.29, 0.717) is 5.56 Å². The van der Waals surface area contributed by atoms with Crippen LogP contribution in [0.2, 0.25) is 0 Å². The lowest BCUT2D eigenvalue weighted by atomic mass is 10.1. The molecule has 1 aromatic carbocycles. The van der Waals surface area contributed by atoms with E-state index in [1.165, 1.54) is 0 Å². The predicted molar refractivity (Wildman–Crippen MR) is 81.8 cm³/mol. The standard InChI is InChI=1S/C15H20N2O2S/c1-20-11-12-5-4-6-13(9-12)15(19)16-10-14(18)17-7-2-3-8-17/h4-6,9H,2-3,7-8,10-11H2,1H3,(H,16,19). The molecule has 2 amide bonds. The Bertz CT molecular complexity index is 485. The molecule has 1 heterocycles. The van der Waals surface area contributed by atoms with E-state index >= 15 is 0 Å². The molecule has 0 spiro atoms. The van der Waals surface area contributed by atoms with Gasteiger partial charge in [0.2, 0.25) is 5.91 Å². The van der Waals surface area contributed by atoms with Crippen LogP contribution in [-0.2, 0) is 10.5 Å². The minimum atomic E-state index is -0.180. The van der Waals surface area contributed by atoms with Crippen molar-refractivity contribution in [2.75, 3.05) is 25.9 Å². The number of amides is 2. The molecule has 1 fully saturated rings. The zero-order chi connectivity index (χ0) is 14.4. The molecular formula is C15H20N2O2S. The Morgan fingerprint density at radius 3 is 2.75 bits per heavy atom. The number of rotatable bonds is 5. The normalized spacial score (nSPS) is 14.3. The summed E-state index contributed by atoms with van der Waals surface area (Å²) in [5, 5.41) is 2.71. The summed E-state index contributed by atoms with van der Waals surface area (Å²) in [6.45, 7) is 1.72. The second kappa shape index (κ2) is 7.33. The van der Waals surface area contributed by atoms with Gasteiger partial charge in [-0.1, -0.05) is 12.1 Å². The number of nitrogens with zero attached hydrogens (tertiary/aromatic N) is 1. The molecule has 0 bridgehead atoms. The van der Waals surface area contributed by atoms with Crippen molar-refractivity contribution < 1.29 is 9.59 Å². The Kier molecular flexibility index (Phi) is 5.47. The van der Waals surface area contributed by atoms with Gasteiger partial charge in [0.05, 0.1) is 6.54 Å². The molecule has 0 radical (unpaired) electrons. The van der Waals surface area contributed by atoms with Crippen molar-refractivity contribution in [1.82, 2.24) is 10.2 Å². The third-order valence-corrected chi connectivity index (χ3v) is 3.98. The first-order chi connectivity index (χ1) is 9.70. The average molecular weight is 292 g/mol. The summed E-state index contributed by atoms with van der Waals surface area (Å²) in [5.74, 6) is 0.713. The van der Waals surface area contributed by atoms with Crippen LogP contribution in [0.25, 0.3) is 0 Å². The van der Waals surface area contributed by atoms with E-state index in [1.807, 2.05) is 29.4 Å². The summed E-state index contributed by atoms with van der Waals surface area (Å²) < 4.78 is 0. The highest BCUT2D eigenvalue weighted by molar-refractivity contribution is 7.97. The van der Waals surface area contributed by atoms with Crippen LogP contribution in [0.3, 0.4) is 0 Å². The first-order valence-corrected chi connectivity index (χ1v) is 8.24. The van der Waals surface area contributed by atoms with Crippen LogP contribution in [0.1, 0.15) is 28.8 Å². The zero-order valence-electron chi connectivity index (χ0n) is 11.7. The SMILES string of the molecule is CSCc1cccc(C(=O)NCC(=O)N2CCCC2)c1. The third kappa shape index (κ3) is 4.00. The monoisotopic (exact) mass is 292 g/mol. The van der Waals surface area contributed by atoms with Crippen molar-refractivity contribution in [3.63, 3.8) is 0 Å². The lowest BCUT2D eigenvalue weighted by Crippen LogP contribution is -2.38. The van der Waals surface area contributed by atoms with Crippen molar-refractivity contribution in [1.29, 1.82) is 0 Å². The smallest absolute Gasteiger partial charge is 0.251 e. The maximum Gasteiger partial charge on any atom is 0.251 e. The molecule has 2 rings (SSSR count). The van der Waals surface area contributed by atoms with Gasteiger partial charge >= 0.3 is 0 Å². The van der Waals surface area contributed by atoms with E-state index in [4.69, 9.17) is 0 Å². The number of likely N-dealkylation sites (tertiary alicyclic amines) is 1. The fourth-order valence-electron chi connectivity index (χ4n) is 2.31. The zero-order valence-corrected chi connectivity index (χ0v) is 12.5. The van der Waals surface area contributed by atoms with Gasteiger partial charge in [-0.05, 0) is 36.8 Å². The van der Waals surface area contributed by atoms with Crippen LogP contribution in [0.5, 0.6) is 0 Å². The molecule has 1 aliphatic rings. The summed E-state index contributed by atoms with van der Waals surface area (Å²) in [4.78, 5) is 25.7. The third-order valence-electron chi connectivity index (χ3n) is 3.36. The predicted octanol–water partition coefficient (Wildman–Crippen LogP) is 1.90. The molecule has 1 aromatic rings. The van der Waals surface area contributed by atoms with Gasteiger partial charge < -0.3 is 10.2 Å². The van der Waals surface area contributed by atoms with Crippen LogP contribution in [0.4, 0.5) is 0 Å². The van der Waals surface area contributed by atoms with Crippen LogP contribution in [0, 0.1) is 0 Å². The van der Waals surface area contributed by atoms with Gasteiger partial charge in [0.15, 0.2) is 0 Å². The molecule has 4 nitrogen and oxygen atoms in total. The summed E-state index contributed by atoms with van der Waals surface area (Å²) in [7, 11) is 0. The molecule has 0 saturated carbocycles. The van der Waals surface area contributed by atoms with E-state index in [2.05, 4.69) is 5.32 Å². The Labute approximate surface area is 123 Å². The first kappa shape index (κ1) is 14.9. The maximum absolute atomic E-state index is 12.0. The highest BCUT2D eigenvalue weighted by atomic mass is 32.2. The van der Waals surface area contributed by atoms with Crippen LogP contribution in [-0.4, -0.2) is 42.6 Å². The van der Waals surface area contributed by atoms with E-state index in [9.17, 15) is 9.59 Å². The largest absolute Gasteiger partial charge is 0.343 e. The maximum atomic E-state index is 12.0. The summed E-state index contributed by atoms with van der Waals surface area (Å²) in [6.07, 6.45) is 4.16. The van der Waals surface area contributed by atoms with Crippen molar-refractivity contribution in [2.24, 2.45) is 0 Å². The molecule has 0 aromatic heterocycles. The highest BCUT2D eigenvalue weighted by Gasteiger charge is 2.18. The second-order valence-electron chi connectivity index (χ2n) is 4.90. The van der Waals surface area contributed by atoms with E-state index in [-0.39, 0.29) is 18.4 Å². The molecular weight excluding hydrogens is 272 g/mol. The fraction of sp³-hybridized carbons (Fsp3) is 0.467. The van der Waals surface area contributed by atoms with Crippen molar-refractivity contribution in [3.8, 4) is 0 Å². The summed E-state index contributed by atoms with van der Waals surface area (Å²) in [6, 6.07) is 7.54. The minimum absolute atomic E-state index is 0.0103. The number of carbonyl (C=O) groups is 2. The molecule has 0 unspecified atom stereocenters. The molecule has 0 aliphatic carbocycles. The summed E-state index contributed by atoms with van der Waals surface area (Å²) in [5.41, 5.74) is 1.74. The molecule has 0 atom stereocenters. The number of benzene rings is 1. The van der Waals surface area contributed by atoms with Crippen molar-refractivity contribution in [3.05, 3.63) is 35.4 Å². The van der Waals surface area contributed by atoms with Gasteiger partial charge in [-0.3, -0.25) is 9.59 Å². The molecule has 1 N–H and O–H groups in total. The molecule has 20 heavy (non-hydrogen) atoms. The molecule has 1 aliphatic heterocycles. The van der Waals surface area contributed by atoms with E-state index in [0.717, 1.165) is 37.2 Å². The average Bonchev–Trinajstić information content (AvgIpc) is 2.99. The molecule has 108 valence electrons. The number of hydrogen-bond acceptors (Lipinski definition) is 3. The molecule has 1 saturated heterocycles. The Hall–Kier alpha value is -1.49. The Morgan fingerprint density at radius 1 is 1.30 bits per heavy atom. The van der Waals surface area contributed by atoms with E-state index < -0.39 is 0 Å². The number of thioether (sulfide) groups is 1. The fourth-order valence-corrected chi connectivity index (χ4v) is 2.82. The lowest BCUT2D eigenvalue weighted by Gasteiger charge is -2.15. The van der Waals surface area contributed by atoms with Gasteiger partial charge in [0.25, 0.3) is 5.91 Å². The van der Waals surface area contributed by atoms with Crippen LogP contribution >= 0.6 is 11.8 Å². The quantitative estimate of drug-likeness (QED) is 0.902. The van der Waals surface area contributed by atoms with Crippen molar-refractivity contribution in [2.45, 2.75) is 18.6 Å². The summed E-state index contributed by atoms with van der Waals surface area (Å²) >= 11 is 1.72. The first-order valence-electron chi connectivity index (χ1n) is 6.84. The Balaban J connectivity index is 1.87. The number of nitrogens with one attached hydrogen (secondary N) is 1. The topological polar surface area (TPSA) is 49.4 Å². The van der Waals surface area contributed by atoms with Crippen LogP contribution < -0.4 is 5.32 Å². The minimum Gasteiger partial charge on any atom is -0.343 e. The van der Waals surface area contributed by atoms with Crippen LogP contribution in [0.15, 0.2) is 24.3 Å².